The minimum atomic E-state index is -1.18. The first-order valence-electron chi connectivity index (χ1n) is 9.51. The molecule has 1 aliphatic rings. The highest BCUT2D eigenvalue weighted by Gasteiger charge is 2.36. The molecule has 0 spiro atoms. The van der Waals surface area contributed by atoms with E-state index in [9.17, 15) is 14.7 Å². The van der Waals surface area contributed by atoms with Crippen LogP contribution >= 0.6 is 31.9 Å². The number of halogens is 2. The number of amides is 2. The Morgan fingerprint density at radius 1 is 0.867 bits per heavy atom. The van der Waals surface area contributed by atoms with Crippen molar-refractivity contribution >= 4 is 43.7 Å². The highest BCUT2D eigenvalue weighted by Crippen LogP contribution is 2.33. The van der Waals surface area contributed by atoms with E-state index in [1.165, 1.54) is 4.90 Å². The van der Waals surface area contributed by atoms with Crippen LogP contribution in [0.25, 0.3) is 11.1 Å². The van der Waals surface area contributed by atoms with Crippen molar-refractivity contribution in [3.63, 3.8) is 0 Å². The highest BCUT2D eigenvalue weighted by atomic mass is 79.9. The smallest absolute Gasteiger partial charge is 0.261 e. The lowest BCUT2D eigenvalue weighted by Crippen LogP contribution is -2.35. The van der Waals surface area contributed by atoms with Crippen LogP contribution < -0.4 is 0 Å². The number of nitrogens with zero attached hydrogens (tertiary/aromatic N) is 1. The fourth-order valence-electron chi connectivity index (χ4n) is 3.65. The van der Waals surface area contributed by atoms with Crippen LogP contribution in [-0.4, -0.2) is 28.4 Å². The molecule has 0 fully saturated rings. The second-order valence-corrected chi connectivity index (χ2v) is 9.30. The molecule has 4 nitrogen and oxygen atoms in total. The molecule has 0 saturated heterocycles. The van der Waals surface area contributed by atoms with Crippen molar-refractivity contribution in [1.29, 1.82) is 0 Å². The molecule has 152 valence electrons. The monoisotopic (exact) mass is 527 g/mol. The van der Waals surface area contributed by atoms with Gasteiger partial charge in [-0.25, -0.2) is 0 Å². The van der Waals surface area contributed by atoms with Gasteiger partial charge < -0.3 is 5.11 Å². The van der Waals surface area contributed by atoms with Gasteiger partial charge >= 0.3 is 0 Å². The fraction of sp³-hybridized carbons (Fsp3) is 0.167. The Morgan fingerprint density at radius 2 is 1.47 bits per heavy atom. The summed E-state index contributed by atoms with van der Waals surface area (Å²) in [5.74, 6) is -0.608. The van der Waals surface area contributed by atoms with Crippen LogP contribution in [0.5, 0.6) is 0 Å². The van der Waals surface area contributed by atoms with E-state index in [1.54, 1.807) is 31.2 Å². The topological polar surface area (TPSA) is 57.6 Å². The number of rotatable bonds is 5. The summed E-state index contributed by atoms with van der Waals surface area (Å²) >= 11 is 7.03. The van der Waals surface area contributed by atoms with E-state index in [1.807, 2.05) is 42.5 Å². The molecule has 0 bridgehead atoms. The van der Waals surface area contributed by atoms with Crippen molar-refractivity contribution in [3.05, 3.63) is 92.4 Å². The zero-order valence-electron chi connectivity index (χ0n) is 16.2. The molecule has 3 aromatic rings. The van der Waals surface area contributed by atoms with Gasteiger partial charge in [-0.15, -0.1) is 0 Å². The summed E-state index contributed by atoms with van der Waals surface area (Å²) in [5, 5.41) is 11.0. The fourth-order valence-corrected chi connectivity index (χ4v) is 4.92. The highest BCUT2D eigenvalue weighted by molar-refractivity contribution is 9.11. The first-order chi connectivity index (χ1) is 14.3. The third kappa shape index (κ3) is 3.87. The van der Waals surface area contributed by atoms with Gasteiger partial charge in [0, 0.05) is 15.5 Å². The normalized spacial score (nSPS) is 15.3. The zero-order valence-corrected chi connectivity index (χ0v) is 19.4. The van der Waals surface area contributed by atoms with Crippen LogP contribution in [0.15, 0.2) is 75.7 Å². The maximum Gasteiger partial charge on any atom is 0.261 e. The third-order valence-electron chi connectivity index (χ3n) is 5.45. The van der Waals surface area contributed by atoms with E-state index < -0.39 is 5.60 Å². The first kappa shape index (κ1) is 21.0. The summed E-state index contributed by atoms with van der Waals surface area (Å²) < 4.78 is 1.97. The predicted molar refractivity (Wildman–Crippen MR) is 123 cm³/mol. The molecule has 0 aromatic heterocycles. The van der Waals surface area contributed by atoms with Gasteiger partial charge in [-0.1, -0.05) is 74.3 Å². The molecule has 1 aliphatic heterocycles. The van der Waals surface area contributed by atoms with Crippen molar-refractivity contribution in [2.24, 2.45) is 0 Å². The van der Waals surface area contributed by atoms with Crippen molar-refractivity contribution in [2.45, 2.75) is 18.9 Å². The summed E-state index contributed by atoms with van der Waals surface area (Å²) in [5.41, 5.74) is 2.48. The lowest BCUT2D eigenvalue weighted by atomic mass is 9.91. The van der Waals surface area contributed by atoms with Crippen LogP contribution in [-0.2, 0) is 5.60 Å². The van der Waals surface area contributed by atoms with Crippen LogP contribution in [0, 0.1) is 0 Å². The minimum absolute atomic E-state index is 0.152. The van der Waals surface area contributed by atoms with Gasteiger partial charge in [-0.2, -0.15) is 0 Å². The Balaban J connectivity index is 1.49. The molecule has 2 amide bonds. The lowest BCUT2D eigenvalue weighted by Gasteiger charge is -2.26. The molecule has 4 rings (SSSR count). The van der Waals surface area contributed by atoms with E-state index >= 15 is 0 Å². The number of imide groups is 1. The molecule has 30 heavy (non-hydrogen) atoms. The maximum absolute atomic E-state index is 12.5. The van der Waals surface area contributed by atoms with Crippen LogP contribution in [0.3, 0.4) is 0 Å². The first-order valence-corrected chi connectivity index (χ1v) is 11.1. The Labute approximate surface area is 191 Å². The molecule has 1 heterocycles. The third-order valence-corrected chi connectivity index (χ3v) is 6.60. The summed E-state index contributed by atoms with van der Waals surface area (Å²) in [7, 11) is 0. The molecule has 6 heteroatoms. The largest absolute Gasteiger partial charge is 0.385 e. The number of benzene rings is 3. The zero-order chi connectivity index (χ0) is 21.5. The maximum atomic E-state index is 12.5. The van der Waals surface area contributed by atoms with Gasteiger partial charge in [0.2, 0.25) is 0 Å². The van der Waals surface area contributed by atoms with Crippen molar-refractivity contribution in [3.8, 4) is 11.1 Å². The van der Waals surface area contributed by atoms with E-state index in [0.29, 0.717) is 11.1 Å². The minimum Gasteiger partial charge on any atom is -0.385 e. The Bertz CT molecular complexity index is 1100. The SMILES string of the molecule is CC(O)(CCN1C(=O)c2ccccc2C1=O)c1ccc(-c2ccc(Br)cc2Br)cc1. The average molecular weight is 529 g/mol. The average Bonchev–Trinajstić information content (AvgIpc) is 2.97. The standard InChI is InChI=1S/C24H19Br2NO3/c1-24(30,12-13-27-22(28)19-4-2-3-5-20(19)23(27)29)16-8-6-15(7-9-16)18-11-10-17(25)14-21(18)26/h2-11,14,30H,12-13H2,1H3. The number of carbonyl (C=O) groups excluding carboxylic acids is 2. The second kappa shape index (κ2) is 8.10. The van der Waals surface area contributed by atoms with Gasteiger partial charge in [-0.3, -0.25) is 14.5 Å². The molecule has 0 aliphatic carbocycles. The number of aliphatic hydroxyl groups is 1. The van der Waals surface area contributed by atoms with Crippen LogP contribution in [0.4, 0.5) is 0 Å². The summed E-state index contributed by atoms with van der Waals surface area (Å²) in [6.45, 7) is 1.86. The number of hydrogen-bond donors (Lipinski definition) is 1. The second-order valence-electron chi connectivity index (χ2n) is 7.53. The van der Waals surface area contributed by atoms with Crippen molar-refractivity contribution < 1.29 is 14.7 Å². The molecular formula is C24H19Br2NO3. The van der Waals surface area contributed by atoms with Gasteiger partial charge in [0.1, 0.15) is 0 Å². The number of hydrogen-bond acceptors (Lipinski definition) is 3. The predicted octanol–water partition coefficient (Wildman–Crippen LogP) is 5.77. The lowest BCUT2D eigenvalue weighted by molar-refractivity contribution is 0.0339. The Hall–Kier alpha value is -2.28. The van der Waals surface area contributed by atoms with E-state index in [2.05, 4.69) is 31.9 Å². The van der Waals surface area contributed by atoms with Gasteiger partial charge in [-0.05, 0) is 54.3 Å². The van der Waals surface area contributed by atoms with Gasteiger partial charge in [0.15, 0.2) is 0 Å². The van der Waals surface area contributed by atoms with E-state index in [0.717, 1.165) is 25.6 Å². The van der Waals surface area contributed by atoms with Crippen molar-refractivity contribution in [2.75, 3.05) is 6.54 Å². The Morgan fingerprint density at radius 3 is 2.03 bits per heavy atom. The molecule has 0 radical (unpaired) electrons. The van der Waals surface area contributed by atoms with Crippen LogP contribution in [0.2, 0.25) is 0 Å². The van der Waals surface area contributed by atoms with Gasteiger partial charge in [0.05, 0.1) is 16.7 Å². The molecule has 1 unspecified atom stereocenters. The molecular weight excluding hydrogens is 510 g/mol. The van der Waals surface area contributed by atoms with Crippen molar-refractivity contribution in [1.82, 2.24) is 4.90 Å². The number of fused-ring (bicyclic) bond motifs is 1. The van der Waals surface area contributed by atoms with Crippen LogP contribution in [0.1, 0.15) is 39.6 Å². The quantitative estimate of drug-likeness (QED) is 0.427. The Kier molecular flexibility index (Phi) is 5.66. The van der Waals surface area contributed by atoms with E-state index in [4.69, 9.17) is 0 Å². The summed E-state index contributed by atoms with van der Waals surface area (Å²) in [4.78, 5) is 26.3. The van der Waals surface area contributed by atoms with Gasteiger partial charge in [0.25, 0.3) is 11.8 Å². The molecule has 1 N–H and O–H groups in total. The molecule has 0 saturated carbocycles. The summed E-state index contributed by atoms with van der Waals surface area (Å²) in [6, 6.07) is 20.5. The molecule has 3 aromatic carbocycles. The van der Waals surface area contributed by atoms with E-state index in [-0.39, 0.29) is 24.8 Å². The summed E-state index contributed by atoms with van der Waals surface area (Å²) in [6.07, 6.45) is 0.250. The number of carbonyl (C=O) groups is 2. The molecule has 1 atom stereocenters.